The molecule has 2 nitrogen and oxygen atoms in total. The lowest BCUT2D eigenvalue weighted by molar-refractivity contribution is -0.120. The number of hydrogen-bond donors (Lipinski definition) is 1. The summed E-state index contributed by atoms with van der Waals surface area (Å²) in [4.78, 5) is 11.3. The molecule has 0 fully saturated rings. The smallest absolute Gasteiger partial charge is 0.224 e. The molecule has 0 saturated heterocycles. The molecule has 1 rings (SSSR count). The highest BCUT2D eigenvalue weighted by atomic mass is 35.5. The second-order valence-electron chi connectivity index (χ2n) is 3.22. The van der Waals surface area contributed by atoms with Gasteiger partial charge < -0.3 is 5.32 Å². The molecule has 1 amide bonds. The summed E-state index contributed by atoms with van der Waals surface area (Å²) in [7, 11) is 0. The van der Waals surface area contributed by atoms with Crippen molar-refractivity contribution in [1.29, 1.82) is 0 Å². The average molecular weight is 246 g/mol. The first-order valence-electron chi connectivity index (χ1n) is 4.53. The predicted octanol–water partition coefficient (Wildman–Crippen LogP) is 2.38. The number of carbonyl (C=O) groups excluding carboxylic acids is 1. The summed E-state index contributed by atoms with van der Waals surface area (Å²) < 4.78 is 25.4. The second kappa shape index (κ2) is 5.61. The molecule has 1 aromatic rings. The maximum absolute atomic E-state index is 12.8. The Morgan fingerprint density at radius 2 is 2.06 bits per heavy atom. The van der Waals surface area contributed by atoms with E-state index in [0.29, 0.717) is 10.6 Å². The lowest BCUT2D eigenvalue weighted by Gasteiger charge is -2.04. The van der Waals surface area contributed by atoms with Crippen molar-refractivity contribution in [2.75, 3.05) is 6.54 Å². The summed E-state index contributed by atoms with van der Waals surface area (Å²) in [5, 5.41) is 2.78. The SMILES string of the molecule is C=C(Cl)CNC(=O)Cc1ccc(F)c(F)c1. The van der Waals surface area contributed by atoms with E-state index in [2.05, 4.69) is 11.9 Å². The first kappa shape index (κ1) is 12.6. The van der Waals surface area contributed by atoms with Gasteiger partial charge in [0.05, 0.1) is 13.0 Å². The highest BCUT2D eigenvalue weighted by Gasteiger charge is 2.06. The number of rotatable bonds is 4. The third-order valence-corrected chi connectivity index (χ3v) is 1.96. The molecule has 1 N–H and O–H groups in total. The molecule has 0 atom stereocenters. The monoisotopic (exact) mass is 245 g/mol. The van der Waals surface area contributed by atoms with Gasteiger partial charge in [0.1, 0.15) is 0 Å². The summed E-state index contributed by atoms with van der Waals surface area (Å²) in [5.41, 5.74) is 0.400. The van der Waals surface area contributed by atoms with Gasteiger partial charge in [-0.05, 0) is 17.7 Å². The van der Waals surface area contributed by atoms with Gasteiger partial charge in [-0.1, -0.05) is 24.2 Å². The van der Waals surface area contributed by atoms with E-state index in [1.807, 2.05) is 0 Å². The van der Waals surface area contributed by atoms with E-state index in [-0.39, 0.29) is 18.9 Å². The van der Waals surface area contributed by atoms with Crippen LogP contribution in [0.1, 0.15) is 5.56 Å². The molecule has 0 radical (unpaired) electrons. The van der Waals surface area contributed by atoms with E-state index < -0.39 is 11.6 Å². The van der Waals surface area contributed by atoms with E-state index in [1.165, 1.54) is 6.07 Å². The maximum Gasteiger partial charge on any atom is 0.224 e. The molecule has 0 heterocycles. The van der Waals surface area contributed by atoms with Crippen LogP contribution in [-0.2, 0) is 11.2 Å². The topological polar surface area (TPSA) is 29.1 Å². The van der Waals surface area contributed by atoms with Gasteiger partial charge in [-0.3, -0.25) is 4.79 Å². The van der Waals surface area contributed by atoms with E-state index in [9.17, 15) is 13.6 Å². The Balaban J connectivity index is 2.56. The van der Waals surface area contributed by atoms with Gasteiger partial charge in [-0.25, -0.2) is 8.78 Å². The minimum atomic E-state index is -0.966. The van der Waals surface area contributed by atoms with E-state index >= 15 is 0 Å². The first-order valence-corrected chi connectivity index (χ1v) is 4.90. The Bertz CT molecular complexity index is 420. The van der Waals surface area contributed by atoms with Crippen molar-refractivity contribution in [1.82, 2.24) is 5.32 Å². The van der Waals surface area contributed by atoms with Crippen LogP contribution < -0.4 is 5.32 Å². The zero-order valence-electron chi connectivity index (χ0n) is 8.40. The fourth-order valence-corrected chi connectivity index (χ4v) is 1.16. The molecule has 16 heavy (non-hydrogen) atoms. The van der Waals surface area contributed by atoms with Crippen LogP contribution in [0.25, 0.3) is 0 Å². The highest BCUT2D eigenvalue weighted by molar-refractivity contribution is 6.29. The van der Waals surface area contributed by atoms with Gasteiger partial charge in [-0.15, -0.1) is 0 Å². The zero-order valence-corrected chi connectivity index (χ0v) is 9.15. The molecular weight excluding hydrogens is 236 g/mol. The molecule has 0 unspecified atom stereocenters. The van der Waals surface area contributed by atoms with Crippen LogP contribution in [0, 0.1) is 11.6 Å². The van der Waals surface area contributed by atoms with Gasteiger partial charge in [0.25, 0.3) is 0 Å². The molecule has 0 aromatic heterocycles. The minimum Gasteiger partial charge on any atom is -0.351 e. The van der Waals surface area contributed by atoms with Crippen LogP contribution in [0.2, 0.25) is 0 Å². The first-order chi connectivity index (χ1) is 7.49. The largest absolute Gasteiger partial charge is 0.351 e. The van der Waals surface area contributed by atoms with Gasteiger partial charge in [0.15, 0.2) is 11.6 Å². The van der Waals surface area contributed by atoms with Crippen molar-refractivity contribution in [3.05, 3.63) is 47.0 Å². The Morgan fingerprint density at radius 3 is 2.62 bits per heavy atom. The number of nitrogens with one attached hydrogen (secondary N) is 1. The molecule has 86 valence electrons. The number of hydrogen-bond acceptors (Lipinski definition) is 1. The van der Waals surface area contributed by atoms with Gasteiger partial charge in [0, 0.05) is 5.03 Å². The Labute approximate surface area is 96.9 Å². The molecule has 0 spiro atoms. The van der Waals surface area contributed by atoms with Crippen molar-refractivity contribution in [3.8, 4) is 0 Å². The van der Waals surface area contributed by atoms with Crippen LogP contribution in [0.3, 0.4) is 0 Å². The van der Waals surface area contributed by atoms with Crippen LogP contribution in [0.5, 0.6) is 0 Å². The second-order valence-corrected chi connectivity index (χ2v) is 3.75. The maximum atomic E-state index is 12.8. The fraction of sp³-hybridized carbons (Fsp3) is 0.182. The molecule has 0 aliphatic rings. The number of amides is 1. The van der Waals surface area contributed by atoms with Crippen molar-refractivity contribution >= 4 is 17.5 Å². The van der Waals surface area contributed by atoms with Gasteiger partial charge >= 0.3 is 0 Å². The Morgan fingerprint density at radius 1 is 1.38 bits per heavy atom. The number of benzene rings is 1. The lowest BCUT2D eigenvalue weighted by atomic mass is 10.1. The summed E-state index contributed by atoms with van der Waals surface area (Å²) in [6, 6.07) is 3.33. The Kier molecular flexibility index (Phi) is 4.43. The Hall–Kier alpha value is -1.42. The quantitative estimate of drug-likeness (QED) is 0.867. The molecular formula is C11H10ClF2NO. The molecule has 0 bridgehead atoms. The molecule has 0 aliphatic heterocycles. The van der Waals surface area contributed by atoms with E-state index in [1.54, 1.807) is 0 Å². The predicted molar refractivity (Wildman–Crippen MR) is 58.1 cm³/mol. The van der Waals surface area contributed by atoms with Crippen LogP contribution in [0.4, 0.5) is 8.78 Å². The van der Waals surface area contributed by atoms with Crippen molar-refractivity contribution in [2.45, 2.75) is 6.42 Å². The fourth-order valence-electron chi connectivity index (χ4n) is 1.09. The van der Waals surface area contributed by atoms with Crippen molar-refractivity contribution in [3.63, 3.8) is 0 Å². The average Bonchev–Trinajstić information content (AvgIpc) is 2.21. The third-order valence-electron chi connectivity index (χ3n) is 1.83. The van der Waals surface area contributed by atoms with Crippen LogP contribution >= 0.6 is 11.6 Å². The molecule has 1 aromatic carbocycles. The third kappa shape index (κ3) is 3.98. The molecule has 5 heteroatoms. The summed E-state index contributed by atoms with van der Waals surface area (Å²) in [5.74, 6) is -2.22. The van der Waals surface area contributed by atoms with Gasteiger partial charge in [0.2, 0.25) is 5.91 Å². The summed E-state index contributed by atoms with van der Waals surface area (Å²) >= 11 is 5.45. The number of halogens is 3. The van der Waals surface area contributed by atoms with Crippen LogP contribution in [-0.4, -0.2) is 12.5 Å². The lowest BCUT2D eigenvalue weighted by Crippen LogP contribution is -2.26. The highest BCUT2D eigenvalue weighted by Crippen LogP contribution is 2.09. The normalized spacial score (nSPS) is 9.94. The minimum absolute atomic E-state index is 0.0264. The van der Waals surface area contributed by atoms with E-state index in [4.69, 9.17) is 11.6 Å². The number of carbonyl (C=O) groups is 1. The molecule has 0 aliphatic carbocycles. The van der Waals surface area contributed by atoms with E-state index in [0.717, 1.165) is 12.1 Å². The summed E-state index contributed by atoms with van der Waals surface area (Å²) in [6.45, 7) is 3.56. The summed E-state index contributed by atoms with van der Waals surface area (Å²) in [6.07, 6.45) is -0.0264. The standard InChI is InChI=1S/C11H10ClF2NO/c1-7(12)6-15-11(16)5-8-2-3-9(13)10(14)4-8/h2-4H,1,5-6H2,(H,15,16). The van der Waals surface area contributed by atoms with Crippen molar-refractivity contribution < 1.29 is 13.6 Å². The zero-order chi connectivity index (χ0) is 12.1. The van der Waals surface area contributed by atoms with Crippen LogP contribution in [0.15, 0.2) is 29.8 Å². The molecule has 0 saturated carbocycles. The van der Waals surface area contributed by atoms with Crippen molar-refractivity contribution in [2.24, 2.45) is 0 Å². The van der Waals surface area contributed by atoms with Gasteiger partial charge in [-0.2, -0.15) is 0 Å².